The van der Waals surface area contributed by atoms with E-state index in [9.17, 15) is 4.79 Å². The third-order valence-corrected chi connectivity index (χ3v) is 2.97. The van der Waals surface area contributed by atoms with Crippen LogP contribution in [0.3, 0.4) is 0 Å². The first-order valence-electron chi connectivity index (χ1n) is 6.16. The summed E-state index contributed by atoms with van der Waals surface area (Å²) in [4.78, 5) is 14.2. The van der Waals surface area contributed by atoms with Gasteiger partial charge in [0, 0.05) is 12.1 Å². The first-order chi connectivity index (χ1) is 9.31. The number of carbonyl (C=O) groups excluding carboxylic acids is 1. The van der Waals surface area contributed by atoms with Gasteiger partial charge < -0.3 is 4.90 Å². The second-order valence-electron chi connectivity index (χ2n) is 4.26. The number of amides is 1. The van der Waals surface area contributed by atoms with Crippen molar-refractivity contribution in [3.63, 3.8) is 0 Å². The van der Waals surface area contributed by atoms with E-state index in [0.717, 1.165) is 17.7 Å². The van der Waals surface area contributed by atoms with Crippen LogP contribution >= 0.6 is 0 Å². The topological polar surface area (TPSA) is 63.4 Å². The van der Waals surface area contributed by atoms with E-state index in [1.165, 1.54) is 17.3 Å². The number of hydrogen-bond acceptors (Lipinski definition) is 4. The molecule has 19 heavy (non-hydrogen) atoms. The van der Waals surface area contributed by atoms with Crippen molar-refractivity contribution in [3.8, 4) is 0 Å². The first kappa shape index (κ1) is 11.6. The second-order valence-corrected chi connectivity index (χ2v) is 4.26. The van der Waals surface area contributed by atoms with Gasteiger partial charge in [-0.3, -0.25) is 4.79 Å². The molecule has 0 saturated heterocycles. The summed E-state index contributed by atoms with van der Waals surface area (Å²) in [7, 11) is 0. The summed E-state index contributed by atoms with van der Waals surface area (Å²) in [6, 6.07) is 7.68. The molecule has 1 amide bonds. The molecule has 0 atom stereocenters. The quantitative estimate of drug-likeness (QED) is 0.830. The minimum Gasteiger partial charge on any atom is -0.306 e. The number of benzene rings is 1. The van der Waals surface area contributed by atoms with Gasteiger partial charge in [-0.05, 0) is 12.5 Å². The number of nitrogens with zero attached hydrogens (tertiary/aromatic N) is 5. The highest BCUT2D eigenvalue weighted by molar-refractivity contribution is 6.54. The van der Waals surface area contributed by atoms with Crippen LogP contribution in [0.15, 0.2) is 42.0 Å². The summed E-state index contributed by atoms with van der Waals surface area (Å²) < 4.78 is 1.44. The molecule has 0 N–H and O–H groups in total. The Morgan fingerprint density at radius 3 is 2.68 bits per heavy atom. The van der Waals surface area contributed by atoms with E-state index >= 15 is 0 Å². The summed E-state index contributed by atoms with van der Waals surface area (Å²) in [6.45, 7) is 2.74. The van der Waals surface area contributed by atoms with Gasteiger partial charge in [0.25, 0.3) is 5.91 Å². The Kier molecular flexibility index (Phi) is 2.83. The minimum atomic E-state index is -0.0725. The van der Waals surface area contributed by atoms with Crippen LogP contribution in [0.2, 0.25) is 0 Å². The van der Waals surface area contributed by atoms with Gasteiger partial charge in [-0.1, -0.05) is 25.1 Å². The van der Waals surface area contributed by atoms with Crippen LogP contribution in [0.1, 0.15) is 18.9 Å². The average molecular weight is 255 g/mol. The number of rotatable bonds is 3. The maximum atomic E-state index is 12.4. The maximum absolute atomic E-state index is 12.4. The van der Waals surface area contributed by atoms with Crippen molar-refractivity contribution in [2.75, 3.05) is 11.4 Å². The summed E-state index contributed by atoms with van der Waals surface area (Å²) in [5.74, 6) is -0.0725. The van der Waals surface area contributed by atoms with Crippen molar-refractivity contribution in [2.45, 2.75) is 13.3 Å². The molecule has 1 aliphatic heterocycles. The van der Waals surface area contributed by atoms with Gasteiger partial charge in [0.05, 0.1) is 5.69 Å². The molecule has 6 heteroatoms. The molecule has 1 aromatic heterocycles. The molecule has 0 radical (unpaired) electrons. The van der Waals surface area contributed by atoms with E-state index in [4.69, 9.17) is 0 Å². The van der Waals surface area contributed by atoms with E-state index in [2.05, 4.69) is 15.3 Å². The number of fused-ring (bicyclic) bond motifs is 1. The van der Waals surface area contributed by atoms with Crippen molar-refractivity contribution in [2.24, 2.45) is 5.10 Å². The van der Waals surface area contributed by atoms with Gasteiger partial charge in [0.1, 0.15) is 12.7 Å². The average Bonchev–Trinajstić information content (AvgIpc) is 3.02. The van der Waals surface area contributed by atoms with Gasteiger partial charge in [-0.2, -0.15) is 5.10 Å². The van der Waals surface area contributed by atoms with Crippen LogP contribution in [0.25, 0.3) is 0 Å². The van der Waals surface area contributed by atoms with Crippen LogP contribution < -0.4 is 4.90 Å². The molecule has 6 nitrogen and oxygen atoms in total. The van der Waals surface area contributed by atoms with Gasteiger partial charge in [-0.25, -0.2) is 4.68 Å². The van der Waals surface area contributed by atoms with E-state index < -0.39 is 0 Å². The largest absolute Gasteiger partial charge is 0.306 e. The van der Waals surface area contributed by atoms with Crippen molar-refractivity contribution in [1.29, 1.82) is 0 Å². The van der Waals surface area contributed by atoms with E-state index in [-0.39, 0.29) is 5.91 Å². The van der Waals surface area contributed by atoms with Gasteiger partial charge >= 0.3 is 0 Å². The zero-order valence-electron chi connectivity index (χ0n) is 10.5. The lowest BCUT2D eigenvalue weighted by atomic mass is 10.1. The van der Waals surface area contributed by atoms with Gasteiger partial charge in [-0.15, -0.1) is 10.2 Å². The summed E-state index contributed by atoms with van der Waals surface area (Å²) in [5, 5.41) is 11.7. The molecule has 3 rings (SSSR count). The van der Waals surface area contributed by atoms with Crippen molar-refractivity contribution in [1.82, 2.24) is 14.9 Å². The highest BCUT2D eigenvalue weighted by atomic mass is 16.2. The molecule has 2 heterocycles. The summed E-state index contributed by atoms with van der Waals surface area (Å²) in [5.41, 5.74) is 2.21. The number of para-hydroxylation sites is 1. The lowest BCUT2D eigenvalue weighted by Gasteiger charge is -2.14. The standard InChI is InChI=1S/C13H13N5O/c1-2-7-18-11-6-4-3-5-10(11)12(13(18)19)16-17-8-14-15-9-17/h3-6,8-9H,2,7H2,1H3/b16-12+. The molecular formula is C13H13N5O. The normalized spacial score (nSPS) is 16.2. The maximum Gasteiger partial charge on any atom is 0.279 e. The Balaban J connectivity index is 2.09. The van der Waals surface area contributed by atoms with E-state index in [0.29, 0.717) is 12.3 Å². The first-order valence-corrected chi connectivity index (χ1v) is 6.16. The number of aromatic nitrogens is 3. The lowest BCUT2D eigenvalue weighted by molar-refractivity contribution is -0.112. The molecule has 0 unspecified atom stereocenters. The summed E-state index contributed by atoms with van der Waals surface area (Å²) >= 11 is 0. The molecule has 96 valence electrons. The van der Waals surface area contributed by atoms with Crippen molar-refractivity contribution in [3.05, 3.63) is 42.5 Å². The zero-order chi connectivity index (χ0) is 13.2. The van der Waals surface area contributed by atoms with E-state index in [1.807, 2.05) is 31.2 Å². The van der Waals surface area contributed by atoms with Gasteiger partial charge in [0.15, 0.2) is 5.71 Å². The number of anilines is 1. The zero-order valence-corrected chi connectivity index (χ0v) is 10.5. The molecule has 1 aromatic carbocycles. The van der Waals surface area contributed by atoms with Crippen LogP contribution in [0, 0.1) is 0 Å². The monoisotopic (exact) mass is 255 g/mol. The van der Waals surface area contributed by atoms with Gasteiger partial charge in [0.2, 0.25) is 0 Å². The van der Waals surface area contributed by atoms with E-state index in [1.54, 1.807) is 4.90 Å². The molecule has 0 spiro atoms. The van der Waals surface area contributed by atoms with Crippen LogP contribution in [-0.2, 0) is 4.79 Å². The van der Waals surface area contributed by atoms with Crippen LogP contribution in [-0.4, -0.2) is 33.0 Å². The minimum absolute atomic E-state index is 0.0725. The fraction of sp³-hybridized carbons (Fsp3) is 0.231. The van der Waals surface area contributed by atoms with Crippen molar-refractivity contribution >= 4 is 17.3 Å². The fourth-order valence-corrected chi connectivity index (χ4v) is 2.17. The SMILES string of the molecule is CCCN1C(=O)/C(=N/n2cnnc2)c2ccccc21. The molecular weight excluding hydrogens is 242 g/mol. The molecule has 1 aliphatic rings. The predicted molar refractivity (Wildman–Crippen MR) is 71.0 cm³/mol. The van der Waals surface area contributed by atoms with Crippen LogP contribution in [0.5, 0.6) is 0 Å². The predicted octanol–water partition coefficient (Wildman–Crippen LogP) is 1.29. The Labute approximate surface area is 110 Å². The highest BCUT2D eigenvalue weighted by Crippen LogP contribution is 2.29. The third kappa shape index (κ3) is 1.91. The Morgan fingerprint density at radius 1 is 1.21 bits per heavy atom. The Hall–Kier alpha value is -2.50. The molecule has 0 fully saturated rings. The smallest absolute Gasteiger partial charge is 0.279 e. The lowest BCUT2D eigenvalue weighted by Crippen LogP contribution is -2.31. The molecule has 0 bridgehead atoms. The molecule has 0 saturated carbocycles. The second kappa shape index (κ2) is 4.64. The number of hydrogen-bond donors (Lipinski definition) is 0. The highest BCUT2D eigenvalue weighted by Gasteiger charge is 2.33. The third-order valence-electron chi connectivity index (χ3n) is 2.97. The Morgan fingerprint density at radius 2 is 1.95 bits per heavy atom. The summed E-state index contributed by atoms with van der Waals surface area (Å²) in [6.07, 6.45) is 3.83. The number of carbonyl (C=O) groups is 1. The van der Waals surface area contributed by atoms with Crippen molar-refractivity contribution < 1.29 is 4.79 Å². The van der Waals surface area contributed by atoms with Crippen LogP contribution in [0.4, 0.5) is 5.69 Å². The molecule has 0 aliphatic carbocycles. The molecule has 2 aromatic rings. The Bertz CT molecular complexity index is 632. The fourth-order valence-electron chi connectivity index (χ4n) is 2.17.